The van der Waals surface area contributed by atoms with Gasteiger partial charge in [0.2, 0.25) is 5.91 Å². The predicted molar refractivity (Wildman–Crippen MR) is 112 cm³/mol. The van der Waals surface area contributed by atoms with Gasteiger partial charge in [-0.05, 0) is 55.8 Å². The van der Waals surface area contributed by atoms with E-state index in [2.05, 4.69) is 5.32 Å². The molecule has 6 nitrogen and oxygen atoms in total. The van der Waals surface area contributed by atoms with Crippen LogP contribution in [0.5, 0.6) is 0 Å². The number of imide groups is 1. The number of nitrogens with zero attached hydrogens (tertiary/aromatic N) is 2. The molecule has 2 saturated heterocycles. The summed E-state index contributed by atoms with van der Waals surface area (Å²) in [5.41, 5.74) is 1.44. The van der Waals surface area contributed by atoms with Gasteiger partial charge >= 0.3 is 0 Å². The Labute approximate surface area is 175 Å². The molecule has 0 radical (unpaired) electrons. The Bertz CT molecular complexity index is 732. The fourth-order valence-electron chi connectivity index (χ4n) is 3.64. The molecule has 8 heteroatoms. The van der Waals surface area contributed by atoms with Crippen LogP contribution in [-0.2, 0) is 11.3 Å². The molecule has 0 unspecified atom stereocenters. The molecule has 28 heavy (non-hydrogen) atoms. The number of amides is 3. The molecule has 3 aliphatic rings. The van der Waals surface area contributed by atoms with Crippen LogP contribution >= 0.6 is 24.2 Å². The third kappa shape index (κ3) is 5.07. The molecule has 1 aromatic rings. The van der Waals surface area contributed by atoms with Crippen LogP contribution in [0.1, 0.15) is 41.6 Å². The molecular weight excluding hydrogens is 398 g/mol. The minimum atomic E-state index is -0.211. The normalized spacial score (nSPS) is 20.4. The minimum Gasteiger partial charge on any atom is -0.339 e. The molecule has 2 heterocycles. The van der Waals surface area contributed by atoms with E-state index in [9.17, 15) is 14.4 Å². The average Bonchev–Trinajstić information content (AvgIpc) is 3.48. The number of halogens is 1. The van der Waals surface area contributed by atoms with Gasteiger partial charge in [0.1, 0.15) is 0 Å². The first-order valence-electron chi connectivity index (χ1n) is 9.69. The number of hydrogen-bond acceptors (Lipinski definition) is 5. The van der Waals surface area contributed by atoms with Crippen molar-refractivity contribution in [1.82, 2.24) is 15.1 Å². The van der Waals surface area contributed by atoms with Crippen molar-refractivity contribution in [2.75, 3.05) is 25.4 Å². The van der Waals surface area contributed by atoms with E-state index >= 15 is 0 Å². The number of likely N-dealkylation sites (tertiary alicyclic amines) is 1. The van der Waals surface area contributed by atoms with Crippen LogP contribution in [0, 0.1) is 5.92 Å². The van der Waals surface area contributed by atoms with E-state index in [0.29, 0.717) is 11.6 Å². The van der Waals surface area contributed by atoms with Crippen molar-refractivity contribution in [3.8, 4) is 0 Å². The summed E-state index contributed by atoms with van der Waals surface area (Å²) in [4.78, 5) is 39.6. The van der Waals surface area contributed by atoms with Gasteiger partial charge < -0.3 is 10.2 Å². The SMILES string of the molecule is Cl.O=C(c1cccc(CN2C(=O)CSC2=O)c1)N1CCC(NCC2CC2)CC1. The van der Waals surface area contributed by atoms with Crippen LogP contribution in [-0.4, -0.2) is 58.3 Å². The molecule has 4 rings (SSSR count). The van der Waals surface area contributed by atoms with Crippen LogP contribution in [0.2, 0.25) is 0 Å². The summed E-state index contributed by atoms with van der Waals surface area (Å²) < 4.78 is 0. The third-order valence-electron chi connectivity index (χ3n) is 5.53. The second-order valence-corrected chi connectivity index (χ2v) is 8.58. The summed E-state index contributed by atoms with van der Waals surface area (Å²) in [5, 5.41) is 3.42. The molecule has 3 fully saturated rings. The van der Waals surface area contributed by atoms with Crippen molar-refractivity contribution in [1.29, 1.82) is 0 Å². The summed E-state index contributed by atoms with van der Waals surface area (Å²) in [6, 6.07) is 7.82. The lowest BCUT2D eigenvalue weighted by atomic mass is 10.0. The summed E-state index contributed by atoms with van der Waals surface area (Å²) in [6.07, 6.45) is 4.69. The number of rotatable bonds is 6. The Balaban J connectivity index is 0.00000225. The largest absolute Gasteiger partial charge is 0.339 e. The number of benzene rings is 1. The number of piperidine rings is 1. The van der Waals surface area contributed by atoms with E-state index in [1.54, 1.807) is 0 Å². The van der Waals surface area contributed by atoms with E-state index in [1.165, 1.54) is 17.7 Å². The number of carbonyl (C=O) groups is 3. The zero-order valence-electron chi connectivity index (χ0n) is 15.8. The fraction of sp³-hybridized carbons (Fsp3) is 0.550. The second kappa shape index (κ2) is 9.29. The maximum absolute atomic E-state index is 12.9. The zero-order valence-corrected chi connectivity index (χ0v) is 17.4. The van der Waals surface area contributed by atoms with Gasteiger partial charge in [-0.3, -0.25) is 19.3 Å². The Kier molecular flexibility index (Phi) is 7.01. The average molecular weight is 424 g/mol. The lowest BCUT2D eigenvalue weighted by Crippen LogP contribution is -2.45. The highest BCUT2D eigenvalue weighted by atomic mass is 35.5. The summed E-state index contributed by atoms with van der Waals surface area (Å²) in [7, 11) is 0. The van der Waals surface area contributed by atoms with Crippen LogP contribution < -0.4 is 5.32 Å². The van der Waals surface area contributed by atoms with Crippen molar-refractivity contribution in [2.45, 2.75) is 38.3 Å². The second-order valence-electron chi connectivity index (χ2n) is 7.65. The van der Waals surface area contributed by atoms with Crippen LogP contribution in [0.15, 0.2) is 24.3 Å². The Hall–Kier alpha value is -1.57. The molecule has 0 spiro atoms. The fourth-order valence-corrected chi connectivity index (χ4v) is 4.37. The Morgan fingerprint density at radius 3 is 2.54 bits per heavy atom. The molecule has 0 atom stereocenters. The highest BCUT2D eigenvalue weighted by Gasteiger charge is 2.30. The molecule has 152 valence electrons. The Morgan fingerprint density at radius 1 is 1.14 bits per heavy atom. The zero-order chi connectivity index (χ0) is 18.8. The monoisotopic (exact) mass is 423 g/mol. The molecule has 1 aliphatic carbocycles. The molecule has 0 aromatic heterocycles. The van der Waals surface area contributed by atoms with E-state index < -0.39 is 0 Å². The number of hydrogen-bond donors (Lipinski definition) is 1. The minimum absolute atomic E-state index is 0. The van der Waals surface area contributed by atoms with Gasteiger partial charge in [-0.15, -0.1) is 12.4 Å². The first-order chi connectivity index (χ1) is 13.1. The molecule has 0 bridgehead atoms. The summed E-state index contributed by atoms with van der Waals surface area (Å²) >= 11 is 1.03. The van der Waals surface area contributed by atoms with Gasteiger partial charge in [-0.25, -0.2) is 0 Å². The van der Waals surface area contributed by atoms with Gasteiger partial charge in [0, 0.05) is 24.7 Å². The predicted octanol–water partition coefficient (Wildman–Crippen LogP) is 2.91. The molecule has 1 aromatic carbocycles. The van der Waals surface area contributed by atoms with Crippen LogP contribution in [0.3, 0.4) is 0 Å². The van der Waals surface area contributed by atoms with E-state index in [-0.39, 0.29) is 41.8 Å². The van der Waals surface area contributed by atoms with Gasteiger partial charge in [0.05, 0.1) is 12.3 Å². The number of thioether (sulfide) groups is 1. The van der Waals surface area contributed by atoms with Crippen LogP contribution in [0.4, 0.5) is 4.79 Å². The van der Waals surface area contributed by atoms with Crippen molar-refractivity contribution in [3.05, 3.63) is 35.4 Å². The van der Waals surface area contributed by atoms with Gasteiger partial charge in [0.15, 0.2) is 0 Å². The van der Waals surface area contributed by atoms with Crippen molar-refractivity contribution in [2.24, 2.45) is 5.92 Å². The summed E-state index contributed by atoms with van der Waals surface area (Å²) in [6.45, 7) is 2.89. The van der Waals surface area contributed by atoms with Gasteiger partial charge in [-0.2, -0.15) is 0 Å². The number of nitrogens with one attached hydrogen (secondary N) is 1. The highest BCUT2D eigenvalue weighted by Crippen LogP contribution is 2.28. The van der Waals surface area contributed by atoms with Gasteiger partial charge in [0.25, 0.3) is 11.1 Å². The molecular formula is C20H26ClN3O3S. The summed E-state index contributed by atoms with van der Waals surface area (Å²) in [5.74, 6) is 0.954. The smallest absolute Gasteiger partial charge is 0.289 e. The van der Waals surface area contributed by atoms with Crippen molar-refractivity contribution >= 4 is 41.2 Å². The molecule has 1 saturated carbocycles. The quantitative estimate of drug-likeness (QED) is 0.761. The Morgan fingerprint density at radius 2 is 1.89 bits per heavy atom. The van der Waals surface area contributed by atoms with Crippen molar-refractivity contribution < 1.29 is 14.4 Å². The maximum Gasteiger partial charge on any atom is 0.289 e. The van der Waals surface area contributed by atoms with E-state index in [1.807, 2.05) is 29.2 Å². The maximum atomic E-state index is 12.9. The standard InChI is InChI=1S/C20H25N3O3S.ClH/c24-18-13-27-20(26)23(18)12-15-2-1-3-16(10-15)19(25)22-8-6-17(7-9-22)21-11-14-4-5-14;/h1-3,10,14,17,21H,4-9,11-13H2;1H. The lowest BCUT2D eigenvalue weighted by molar-refractivity contribution is -0.125. The third-order valence-corrected chi connectivity index (χ3v) is 6.39. The lowest BCUT2D eigenvalue weighted by Gasteiger charge is -2.32. The molecule has 1 N–H and O–H groups in total. The topological polar surface area (TPSA) is 69.7 Å². The molecule has 3 amide bonds. The molecule has 2 aliphatic heterocycles. The number of carbonyl (C=O) groups excluding carboxylic acids is 3. The van der Waals surface area contributed by atoms with Gasteiger partial charge in [-0.1, -0.05) is 23.9 Å². The van der Waals surface area contributed by atoms with Crippen molar-refractivity contribution in [3.63, 3.8) is 0 Å². The van der Waals surface area contributed by atoms with E-state index in [4.69, 9.17) is 0 Å². The first-order valence-corrected chi connectivity index (χ1v) is 10.7. The van der Waals surface area contributed by atoms with Crippen LogP contribution in [0.25, 0.3) is 0 Å². The van der Waals surface area contributed by atoms with E-state index in [0.717, 1.165) is 55.7 Å². The first kappa shape index (κ1) is 21.1. The highest BCUT2D eigenvalue weighted by molar-refractivity contribution is 8.14.